The predicted molar refractivity (Wildman–Crippen MR) is 76.7 cm³/mol. The minimum atomic E-state index is -0.289. The van der Waals surface area contributed by atoms with Gasteiger partial charge in [-0.1, -0.05) is 6.07 Å². The summed E-state index contributed by atoms with van der Waals surface area (Å²) in [6.45, 7) is 8.49. The van der Waals surface area contributed by atoms with Crippen LogP contribution in [-0.2, 0) is 4.74 Å². The molecule has 0 spiro atoms. The molecule has 4 heteroatoms. The van der Waals surface area contributed by atoms with E-state index in [-0.39, 0.29) is 11.5 Å². The van der Waals surface area contributed by atoms with Crippen LogP contribution in [0.1, 0.15) is 31.1 Å². The molecule has 4 nitrogen and oxygen atoms in total. The summed E-state index contributed by atoms with van der Waals surface area (Å²) in [7, 11) is 1.41. The monoisotopic (exact) mass is 262 g/mol. The first kappa shape index (κ1) is 13.9. The number of nitrogens with one attached hydrogen (secondary N) is 1. The van der Waals surface area contributed by atoms with Crippen molar-refractivity contribution in [3.05, 3.63) is 29.8 Å². The number of anilines is 1. The number of ether oxygens (including phenoxy) is 1. The number of benzene rings is 1. The third-order valence-corrected chi connectivity index (χ3v) is 3.64. The van der Waals surface area contributed by atoms with Gasteiger partial charge in [-0.25, -0.2) is 4.79 Å². The highest BCUT2D eigenvalue weighted by atomic mass is 16.5. The highest BCUT2D eigenvalue weighted by Gasteiger charge is 2.34. The Balaban J connectivity index is 2.37. The molecule has 0 aromatic heterocycles. The zero-order valence-electron chi connectivity index (χ0n) is 12.1. The van der Waals surface area contributed by atoms with Crippen LogP contribution < -0.4 is 10.2 Å². The lowest BCUT2D eigenvalue weighted by Crippen LogP contribution is -2.62. The second-order valence-corrected chi connectivity index (χ2v) is 5.70. The molecule has 0 amide bonds. The normalized spacial score (nSPS) is 22.1. The largest absolute Gasteiger partial charge is 0.465 e. The van der Waals surface area contributed by atoms with Crippen LogP contribution in [0, 0.1) is 0 Å². The molecule has 0 saturated carbocycles. The van der Waals surface area contributed by atoms with Crippen molar-refractivity contribution in [1.29, 1.82) is 0 Å². The van der Waals surface area contributed by atoms with E-state index in [2.05, 4.69) is 37.1 Å². The summed E-state index contributed by atoms with van der Waals surface area (Å²) in [6.07, 6.45) is 0. The topological polar surface area (TPSA) is 41.6 Å². The highest BCUT2D eigenvalue weighted by molar-refractivity contribution is 5.90. The van der Waals surface area contributed by atoms with Crippen molar-refractivity contribution in [2.75, 3.05) is 25.1 Å². The molecular formula is C15H22N2O2. The third-order valence-electron chi connectivity index (χ3n) is 3.64. The van der Waals surface area contributed by atoms with Gasteiger partial charge in [-0.2, -0.15) is 0 Å². The molecule has 1 saturated heterocycles. The molecule has 1 aromatic carbocycles. The van der Waals surface area contributed by atoms with Crippen molar-refractivity contribution in [1.82, 2.24) is 5.32 Å². The van der Waals surface area contributed by atoms with Crippen LogP contribution in [0.2, 0.25) is 0 Å². The number of hydrogen-bond donors (Lipinski definition) is 1. The van der Waals surface area contributed by atoms with Crippen LogP contribution in [-0.4, -0.2) is 37.7 Å². The van der Waals surface area contributed by atoms with Crippen LogP contribution in [0.25, 0.3) is 0 Å². The van der Waals surface area contributed by atoms with Crippen LogP contribution >= 0.6 is 0 Å². The average Bonchev–Trinajstić information content (AvgIpc) is 2.37. The number of esters is 1. The Morgan fingerprint density at radius 2 is 2.21 bits per heavy atom. The first-order valence-corrected chi connectivity index (χ1v) is 6.64. The maximum absolute atomic E-state index is 11.6. The van der Waals surface area contributed by atoms with Crippen molar-refractivity contribution < 1.29 is 9.53 Å². The molecule has 1 atom stereocenters. The number of carbonyl (C=O) groups excluding carboxylic acids is 1. The van der Waals surface area contributed by atoms with Crippen molar-refractivity contribution >= 4 is 11.7 Å². The fraction of sp³-hybridized carbons (Fsp3) is 0.533. The molecule has 19 heavy (non-hydrogen) atoms. The summed E-state index contributed by atoms with van der Waals surface area (Å²) in [5.74, 6) is -0.289. The molecule has 0 radical (unpaired) electrons. The lowest BCUT2D eigenvalue weighted by Gasteiger charge is -2.48. The first-order chi connectivity index (χ1) is 8.95. The molecule has 1 aliphatic heterocycles. The first-order valence-electron chi connectivity index (χ1n) is 6.64. The van der Waals surface area contributed by atoms with Gasteiger partial charge in [0.05, 0.1) is 12.7 Å². The maximum atomic E-state index is 11.6. The number of nitrogens with zero attached hydrogens (tertiary/aromatic N) is 1. The number of carbonyl (C=O) groups is 1. The fourth-order valence-electron chi connectivity index (χ4n) is 2.86. The lowest BCUT2D eigenvalue weighted by atomic mass is 9.95. The zero-order chi connectivity index (χ0) is 14.0. The summed E-state index contributed by atoms with van der Waals surface area (Å²) in [5, 5.41) is 3.44. The van der Waals surface area contributed by atoms with Crippen LogP contribution in [0.15, 0.2) is 24.3 Å². The van der Waals surface area contributed by atoms with E-state index in [0.29, 0.717) is 11.6 Å². The van der Waals surface area contributed by atoms with E-state index in [1.54, 1.807) is 6.07 Å². The molecule has 2 rings (SSSR count). The Labute approximate surface area is 114 Å². The number of hydrogen-bond acceptors (Lipinski definition) is 4. The Morgan fingerprint density at radius 1 is 1.47 bits per heavy atom. The molecule has 1 N–H and O–H groups in total. The van der Waals surface area contributed by atoms with Gasteiger partial charge in [-0.05, 0) is 39.0 Å². The summed E-state index contributed by atoms with van der Waals surface area (Å²) < 4.78 is 4.79. The van der Waals surface area contributed by atoms with E-state index in [1.807, 2.05) is 12.1 Å². The van der Waals surface area contributed by atoms with Gasteiger partial charge in [-0.3, -0.25) is 0 Å². The molecule has 1 heterocycles. The van der Waals surface area contributed by atoms with Crippen LogP contribution in [0.5, 0.6) is 0 Å². The van der Waals surface area contributed by atoms with Crippen LogP contribution in [0.3, 0.4) is 0 Å². The second kappa shape index (κ2) is 5.21. The number of piperazine rings is 1. The van der Waals surface area contributed by atoms with Crippen molar-refractivity contribution in [3.8, 4) is 0 Å². The SMILES string of the molecule is COC(=O)c1cccc(N2C(C)CNCC2(C)C)c1. The molecular weight excluding hydrogens is 240 g/mol. The summed E-state index contributed by atoms with van der Waals surface area (Å²) >= 11 is 0. The molecule has 1 unspecified atom stereocenters. The van der Waals surface area contributed by atoms with Gasteiger partial charge in [0.25, 0.3) is 0 Å². The number of methoxy groups -OCH3 is 1. The Bertz CT molecular complexity index is 471. The minimum absolute atomic E-state index is 0.0202. The molecule has 104 valence electrons. The molecule has 1 aliphatic rings. The maximum Gasteiger partial charge on any atom is 0.337 e. The predicted octanol–water partition coefficient (Wildman–Crippen LogP) is 2.05. The van der Waals surface area contributed by atoms with E-state index in [9.17, 15) is 4.79 Å². The van der Waals surface area contributed by atoms with E-state index < -0.39 is 0 Å². The van der Waals surface area contributed by atoms with Gasteiger partial charge in [0.2, 0.25) is 0 Å². The minimum Gasteiger partial charge on any atom is -0.465 e. The second-order valence-electron chi connectivity index (χ2n) is 5.70. The molecule has 0 bridgehead atoms. The zero-order valence-corrected chi connectivity index (χ0v) is 12.1. The van der Waals surface area contributed by atoms with E-state index in [0.717, 1.165) is 18.8 Å². The van der Waals surface area contributed by atoms with E-state index in [1.165, 1.54) is 7.11 Å². The summed E-state index contributed by atoms with van der Waals surface area (Å²) in [4.78, 5) is 14.0. The van der Waals surface area contributed by atoms with E-state index in [4.69, 9.17) is 4.74 Å². The fourth-order valence-corrected chi connectivity index (χ4v) is 2.86. The quantitative estimate of drug-likeness (QED) is 0.828. The van der Waals surface area contributed by atoms with Gasteiger partial charge in [0, 0.05) is 30.4 Å². The molecule has 1 aromatic rings. The lowest BCUT2D eigenvalue weighted by molar-refractivity contribution is 0.0600. The van der Waals surface area contributed by atoms with Crippen molar-refractivity contribution in [2.45, 2.75) is 32.4 Å². The van der Waals surface area contributed by atoms with Crippen molar-refractivity contribution in [3.63, 3.8) is 0 Å². The summed E-state index contributed by atoms with van der Waals surface area (Å²) in [5.41, 5.74) is 1.69. The Morgan fingerprint density at radius 3 is 2.84 bits per heavy atom. The van der Waals surface area contributed by atoms with Gasteiger partial charge in [0.1, 0.15) is 0 Å². The third kappa shape index (κ3) is 2.73. The van der Waals surface area contributed by atoms with Crippen LogP contribution in [0.4, 0.5) is 5.69 Å². The molecule has 1 fully saturated rings. The van der Waals surface area contributed by atoms with Crippen molar-refractivity contribution in [2.24, 2.45) is 0 Å². The molecule has 0 aliphatic carbocycles. The van der Waals surface area contributed by atoms with Gasteiger partial charge >= 0.3 is 5.97 Å². The van der Waals surface area contributed by atoms with Gasteiger partial charge in [0.15, 0.2) is 0 Å². The number of rotatable bonds is 2. The smallest absolute Gasteiger partial charge is 0.337 e. The van der Waals surface area contributed by atoms with E-state index >= 15 is 0 Å². The Hall–Kier alpha value is -1.55. The Kier molecular flexibility index (Phi) is 3.80. The van der Waals surface area contributed by atoms with Gasteiger partial charge < -0.3 is 15.0 Å². The summed E-state index contributed by atoms with van der Waals surface area (Å²) in [6, 6.07) is 8.05. The highest BCUT2D eigenvalue weighted by Crippen LogP contribution is 2.29. The standard InChI is InChI=1S/C15H22N2O2/c1-11-9-16-10-15(2,3)17(11)13-7-5-6-12(8-13)14(18)19-4/h5-8,11,16H,9-10H2,1-4H3. The van der Waals surface area contributed by atoms with Gasteiger partial charge in [-0.15, -0.1) is 0 Å². The average molecular weight is 262 g/mol.